The maximum absolute atomic E-state index is 11.9. The predicted molar refractivity (Wildman–Crippen MR) is 63.5 cm³/mol. The van der Waals surface area contributed by atoms with Crippen LogP contribution in [0.3, 0.4) is 0 Å². The molecule has 1 aliphatic heterocycles. The molecule has 6 nitrogen and oxygen atoms in total. The Hall–Kier alpha value is -1.87. The number of aromatic nitrogens is 2. The molecular formula is C12H16N4O2. The molecule has 96 valence electrons. The Labute approximate surface area is 106 Å². The predicted octanol–water partition coefficient (Wildman–Crippen LogP) is 0.213. The van der Waals surface area contributed by atoms with E-state index in [1.165, 1.54) is 7.11 Å². The molecule has 18 heavy (non-hydrogen) atoms. The van der Waals surface area contributed by atoms with E-state index < -0.39 is 0 Å². The van der Waals surface area contributed by atoms with Crippen LogP contribution in [0.25, 0.3) is 0 Å². The van der Waals surface area contributed by atoms with E-state index in [0.29, 0.717) is 18.8 Å². The zero-order valence-electron chi connectivity index (χ0n) is 10.6. The number of hydrogen-bond donors (Lipinski definition) is 0. The topological polar surface area (TPSA) is 71.2 Å². The van der Waals surface area contributed by atoms with Crippen molar-refractivity contribution in [2.45, 2.75) is 19.4 Å². The third kappa shape index (κ3) is 2.22. The van der Waals surface area contributed by atoms with E-state index in [1.54, 1.807) is 9.58 Å². The van der Waals surface area contributed by atoms with Gasteiger partial charge in [0.25, 0.3) is 0 Å². The van der Waals surface area contributed by atoms with Gasteiger partial charge in [-0.3, -0.25) is 9.48 Å². The largest absolute Gasteiger partial charge is 0.375 e. The number of amides is 1. The monoisotopic (exact) mass is 248 g/mol. The lowest BCUT2D eigenvalue weighted by atomic mass is 10.1. The summed E-state index contributed by atoms with van der Waals surface area (Å²) in [5, 5.41) is 13.2. The average molecular weight is 248 g/mol. The molecule has 0 fully saturated rings. The normalized spacial score (nSPS) is 14.8. The average Bonchev–Trinajstić information content (AvgIpc) is 2.55. The first-order valence-corrected chi connectivity index (χ1v) is 5.89. The Morgan fingerprint density at radius 3 is 3.06 bits per heavy atom. The summed E-state index contributed by atoms with van der Waals surface area (Å²) in [6.07, 6.45) is 1.64. The molecule has 6 heteroatoms. The number of nitrogens with zero attached hydrogens (tertiary/aromatic N) is 4. The molecule has 0 atom stereocenters. The highest BCUT2D eigenvalue weighted by Gasteiger charge is 2.24. The Balaban J connectivity index is 2.27. The zero-order valence-corrected chi connectivity index (χ0v) is 10.6. The van der Waals surface area contributed by atoms with Crippen LogP contribution in [0, 0.1) is 11.3 Å². The van der Waals surface area contributed by atoms with E-state index >= 15 is 0 Å². The van der Waals surface area contributed by atoms with Crippen molar-refractivity contribution in [1.29, 1.82) is 5.26 Å². The van der Waals surface area contributed by atoms with Gasteiger partial charge in [0.1, 0.15) is 12.7 Å². The van der Waals surface area contributed by atoms with Crippen LogP contribution < -0.4 is 0 Å². The number of hydrogen-bond acceptors (Lipinski definition) is 4. The van der Waals surface area contributed by atoms with Crippen molar-refractivity contribution in [3.05, 3.63) is 17.0 Å². The van der Waals surface area contributed by atoms with Gasteiger partial charge in [0.05, 0.1) is 12.2 Å². The van der Waals surface area contributed by atoms with Crippen molar-refractivity contribution in [1.82, 2.24) is 14.7 Å². The quantitative estimate of drug-likeness (QED) is 0.750. The Morgan fingerprint density at radius 1 is 1.61 bits per heavy atom. The minimum atomic E-state index is -0.0231. The van der Waals surface area contributed by atoms with Crippen molar-refractivity contribution >= 4 is 5.91 Å². The SMILES string of the molecule is COCC(=O)N1CCCc2c(C#N)nn(C)c2C1. The summed E-state index contributed by atoms with van der Waals surface area (Å²) in [5.74, 6) is -0.0231. The van der Waals surface area contributed by atoms with Crippen LogP contribution in [-0.4, -0.2) is 40.8 Å². The first kappa shape index (κ1) is 12.6. The Bertz CT molecular complexity index is 501. The van der Waals surface area contributed by atoms with Gasteiger partial charge >= 0.3 is 0 Å². The van der Waals surface area contributed by atoms with Crippen LogP contribution in [0.1, 0.15) is 23.4 Å². The number of carbonyl (C=O) groups is 1. The van der Waals surface area contributed by atoms with Crippen LogP contribution in [0.2, 0.25) is 0 Å². The second-order valence-corrected chi connectivity index (χ2v) is 4.36. The highest BCUT2D eigenvalue weighted by molar-refractivity contribution is 5.77. The molecule has 0 aliphatic carbocycles. The first-order valence-electron chi connectivity index (χ1n) is 5.89. The van der Waals surface area contributed by atoms with E-state index in [2.05, 4.69) is 11.2 Å². The summed E-state index contributed by atoms with van der Waals surface area (Å²) in [6.45, 7) is 1.29. The Morgan fingerprint density at radius 2 is 2.39 bits per heavy atom. The number of nitriles is 1. The smallest absolute Gasteiger partial charge is 0.248 e. The fourth-order valence-electron chi connectivity index (χ4n) is 2.29. The fraction of sp³-hybridized carbons (Fsp3) is 0.583. The van der Waals surface area contributed by atoms with Gasteiger partial charge in [-0.05, 0) is 12.8 Å². The maximum Gasteiger partial charge on any atom is 0.248 e. The van der Waals surface area contributed by atoms with E-state index in [4.69, 9.17) is 10.00 Å². The van der Waals surface area contributed by atoms with Gasteiger partial charge in [0.15, 0.2) is 5.69 Å². The summed E-state index contributed by atoms with van der Waals surface area (Å²) in [4.78, 5) is 13.6. The standard InChI is InChI=1S/C12H16N4O2/c1-15-11-7-16(12(17)8-18-2)5-3-4-9(11)10(6-13)14-15/h3-5,7-8H2,1-2H3. The van der Waals surface area contributed by atoms with Crippen molar-refractivity contribution < 1.29 is 9.53 Å². The van der Waals surface area contributed by atoms with Crippen LogP contribution >= 0.6 is 0 Å². The molecule has 0 N–H and O–H groups in total. The molecule has 1 aliphatic rings. The highest BCUT2D eigenvalue weighted by Crippen LogP contribution is 2.21. The minimum Gasteiger partial charge on any atom is -0.375 e. The molecule has 0 saturated carbocycles. The molecule has 0 spiro atoms. The second kappa shape index (κ2) is 5.19. The van der Waals surface area contributed by atoms with Gasteiger partial charge in [-0.25, -0.2) is 0 Å². The van der Waals surface area contributed by atoms with Crippen molar-refractivity contribution in [3.8, 4) is 6.07 Å². The summed E-state index contributed by atoms with van der Waals surface area (Å²) in [6, 6.07) is 2.11. The molecular weight excluding hydrogens is 232 g/mol. The van der Waals surface area contributed by atoms with E-state index in [-0.39, 0.29) is 12.5 Å². The summed E-state index contributed by atoms with van der Waals surface area (Å²) in [5.41, 5.74) is 2.41. The number of ether oxygens (including phenoxy) is 1. The van der Waals surface area contributed by atoms with Crippen molar-refractivity contribution in [3.63, 3.8) is 0 Å². The first-order chi connectivity index (χ1) is 8.67. The molecule has 2 rings (SSSR count). The summed E-state index contributed by atoms with van der Waals surface area (Å²) < 4.78 is 6.58. The van der Waals surface area contributed by atoms with Gasteiger partial charge in [0, 0.05) is 26.3 Å². The van der Waals surface area contributed by atoms with Crippen LogP contribution in [0.15, 0.2) is 0 Å². The number of methoxy groups -OCH3 is 1. The van der Waals surface area contributed by atoms with Crippen molar-refractivity contribution in [2.24, 2.45) is 7.05 Å². The molecule has 1 aromatic rings. The second-order valence-electron chi connectivity index (χ2n) is 4.36. The Kier molecular flexibility index (Phi) is 3.63. The molecule has 0 radical (unpaired) electrons. The molecule has 0 unspecified atom stereocenters. The highest BCUT2D eigenvalue weighted by atomic mass is 16.5. The van der Waals surface area contributed by atoms with Gasteiger partial charge in [-0.15, -0.1) is 0 Å². The summed E-state index contributed by atoms with van der Waals surface area (Å²) in [7, 11) is 3.32. The molecule has 2 heterocycles. The van der Waals surface area contributed by atoms with Crippen LogP contribution in [0.4, 0.5) is 0 Å². The van der Waals surface area contributed by atoms with Crippen molar-refractivity contribution in [2.75, 3.05) is 20.3 Å². The van der Waals surface area contributed by atoms with E-state index in [1.807, 2.05) is 7.05 Å². The molecule has 1 aromatic heterocycles. The maximum atomic E-state index is 11.9. The zero-order chi connectivity index (χ0) is 13.1. The summed E-state index contributed by atoms with van der Waals surface area (Å²) >= 11 is 0. The third-order valence-corrected chi connectivity index (χ3v) is 3.20. The molecule has 0 saturated heterocycles. The van der Waals surface area contributed by atoms with E-state index in [9.17, 15) is 4.79 Å². The minimum absolute atomic E-state index is 0.0231. The third-order valence-electron chi connectivity index (χ3n) is 3.20. The van der Waals surface area contributed by atoms with Gasteiger partial charge in [-0.2, -0.15) is 10.4 Å². The van der Waals surface area contributed by atoms with E-state index in [0.717, 1.165) is 24.1 Å². The lowest BCUT2D eigenvalue weighted by Crippen LogP contribution is -2.34. The van der Waals surface area contributed by atoms with Gasteiger partial charge < -0.3 is 9.64 Å². The number of rotatable bonds is 2. The lowest BCUT2D eigenvalue weighted by Gasteiger charge is -2.20. The molecule has 0 bridgehead atoms. The number of fused-ring (bicyclic) bond motifs is 1. The van der Waals surface area contributed by atoms with Gasteiger partial charge in [0.2, 0.25) is 5.91 Å². The number of carbonyl (C=O) groups excluding carboxylic acids is 1. The number of aryl methyl sites for hydroxylation is 1. The molecule has 1 amide bonds. The van der Waals surface area contributed by atoms with Gasteiger partial charge in [-0.1, -0.05) is 0 Å². The fourth-order valence-corrected chi connectivity index (χ4v) is 2.29. The van der Waals surface area contributed by atoms with Crippen LogP contribution in [-0.2, 0) is 29.5 Å². The molecule has 0 aromatic carbocycles. The lowest BCUT2D eigenvalue weighted by molar-refractivity contribution is -0.135. The van der Waals surface area contributed by atoms with Crippen LogP contribution in [0.5, 0.6) is 0 Å².